The third-order valence-electron chi connectivity index (χ3n) is 10.2. The Morgan fingerprint density at radius 1 is 0.500 bits per heavy atom. The van der Waals surface area contributed by atoms with Crippen LogP contribution in [0.3, 0.4) is 0 Å². The van der Waals surface area contributed by atoms with Crippen molar-refractivity contribution in [2.24, 2.45) is 0 Å². The smallest absolute Gasteiger partial charge is 0.182 e. The Kier molecular flexibility index (Phi) is 8.58. The molecule has 0 saturated heterocycles. The zero-order valence-corrected chi connectivity index (χ0v) is 30.0. The van der Waals surface area contributed by atoms with Gasteiger partial charge in [0.2, 0.25) is 0 Å². The summed E-state index contributed by atoms with van der Waals surface area (Å²) in [5.74, 6) is 1.46. The monoisotopic (exact) mass is 691 g/mol. The standard InChI is InChI=1S/C51H37N3/c1-3-5-22-43(4-2)54-51(52-50(53-54)38-19-10-7-11-20-38)39-28-25-36(26-29-39)41-31-32-46-47(34-41)49(42-30-27-35-16-12-13-21-40(35)33-42)45-24-15-14-23-44(45)48(46)37-17-8-6-9-18-37/h3-34H,1H2,2H3/b22-5-,43-4+. The molecule has 0 saturated carbocycles. The van der Waals surface area contributed by atoms with E-state index < -0.39 is 0 Å². The summed E-state index contributed by atoms with van der Waals surface area (Å²) in [7, 11) is 0. The molecule has 0 N–H and O–H groups in total. The van der Waals surface area contributed by atoms with E-state index >= 15 is 0 Å². The molecule has 0 bridgehead atoms. The van der Waals surface area contributed by atoms with Crippen LogP contribution in [-0.4, -0.2) is 14.8 Å². The van der Waals surface area contributed by atoms with E-state index in [1.807, 2.05) is 60.2 Å². The molecule has 0 unspecified atom stereocenters. The van der Waals surface area contributed by atoms with Gasteiger partial charge in [-0.1, -0.05) is 183 Å². The van der Waals surface area contributed by atoms with Gasteiger partial charge < -0.3 is 0 Å². The summed E-state index contributed by atoms with van der Waals surface area (Å²) in [5.41, 5.74) is 10.1. The molecule has 0 spiro atoms. The maximum atomic E-state index is 5.06. The fourth-order valence-electron chi connectivity index (χ4n) is 7.59. The van der Waals surface area contributed by atoms with Crippen LogP contribution in [0.15, 0.2) is 201 Å². The van der Waals surface area contributed by atoms with Crippen molar-refractivity contribution in [3.05, 3.63) is 201 Å². The Bertz CT molecular complexity index is 2880. The minimum atomic E-state index is 0.679. The maximum absolute atomic E-state index is 5.06. The minimum absolute atomic E-state index is 0.679. The summed E-state index contributed by atoms with van der Waals surface area (Å²) in [5, 5.41) is 12.4. The average Bonchev–Trinajstić information content (AvgIpc) is 3.69. The van der Waals surface area contributed by atoms with Crippen molar-refractivity contribution in [3.8, 4) is 56.2 Å². The molecule has 0 amide bonds. The SMILES string of the molecule is C=C/C=C\C(=C/C)n1nc(-c2ccccc2)nc1-c1ccc(-c2ccc3c(-c4ccccc4)c4ccccc4c(-c4ccc5ccccc5c4)c3c2)cc1. The van der Waals surface area contributed by atoms with Gasteiger partial charge in [0.1, 0.15) is 0 Å². The highest BCUT2D eigenvalue weighted by molar-refractivity contribution is 6.22. The Labute approximate surface area is 315 Å². The number of fused-ring (bicyclic) bond motifs is 3. The van der Waals surface area contributed by atoms with Crippen molar-refractivity contribution in [2.75, 3.05) is 0 Å². The molecule has 0 aliphatic carbocycles. The van der Waals surface area contributed by atoms with Crippen molar-refractivity contribution in [3.63, 3.8) is 0 Å². The van der Waals surface area contributed by atoms with E-state index in [1.165, 1.54) is 54.6 Å². The molecule has 0 aliphatic heterocycles. The van der Waals surface area contributed by atoms with Crippen LogP contribution < -0.4 is 0 Å². The van der Waals surface area contributed by atoms with Crippen molar-refractivity contribution >= 4 is 38.0 Å². The molecule has 9 aromatic rings. The van der Waals surface area contributed by atoms with E-state index in [2.05, 4.69) is 146 Å². The fourth-order valence-corrected chi connectivity index (χ4v) is 7.59. The van der Waals surface area contributed by atoms with Gasteiger partial charge in [0.15, 0.2) is 11.6 Å². The van der Waals surface area contributed by atoms with Gasteiger partial charge in [0.25, 0.3) is 0 Å². The molecule has 9 rings (SSSR count). The van der Waals surface area contributed by atoms with E-state index in [0.29, 0.717) is 5.82 Å². The van der Waals surface area contributed by atoms with E-state index in [-0.39, 0.29) is 0 Å². The summed E-state index contributed by atoms with van der Waals surface area (Å²) in [4.78, 5) is 5.06. The van der Waals surface area contributed by atoms with Crippen LogP contribution in [0, 0.1) is 0 Å². The second-order valence-corrected chi connectivity index (χ2v) is 13.4. The van der Waals surface area contributed by atoms with E-state index in [4.69, 9.17) is 10.1 Å². The summed E-state index contributed by atoms with van der Waals surface area (Å²) in [6.45, 7) is 5.87. The van der Waals surface area contributed by atoms with Gasteiger partial charge in [-0.25, -0.2) is 9.67 Å². The van der Waals surface area contributed by atoms with Crippen LogP contribution in [0.5, 0.6) is 0 Å². The first-order chi connectivity index (χ1) is 26.7. The van der Waals surface area contributed by atoms with Gasteiger partial charge in [0, 0.05) is 11.1 Å². The first-order valence-corrected chi connectivity index (χ1v) is 18.3. The molecule has 8 aromatic carbocycles. The van der Waals surface area contributed by atoms with E-state index in [9.17, 15) is 0 Å². The molecule has 3 nitrogen and oxygen atoms in total. The fraction of sp³-hybridized carbons (Fsp3) is 0.0196. The Balaban J connectivity index is 1.22. The third-order valence-corrected chi connectivity index (χ3v) is 10.2. The van der Waals surface area contributed by atoms with E-state index in [0.717, 1.165) is 33.8 Å². The van der Waals surface area contributed by atoms with Crippen molar-refractivity contribution in [1.82, 2.24) is 14.8 Å². The third kappa shape index (κ3) is 5.92. The number of hydrogen-bond donors (Lipinski definition) is 0. The zero-order chi connectivity index (χ0) is 36.4. The van der Waals surface area contributed by atoms with Crippen molar-refractivity contribution < 1.29 is 0 Å². The molecule has 1 heterocycles. The van der Waals surface area contributed by atoms with Crippen LogP contribution in [0.25, 0.3) is 94.2 Å². The van der Waals surface area contributed by atoms with Crippen LogP contribution in [0.2, 0.25) is 0 Å². The van der Waals surface area contributed by atoms with Gasteiger partial charge in [0.05, 0.1) is 5.70 Å². The molecular formula is C51H37N3. The van der Waals surface area contributed by atoms with Gasteiger partial charge in [-0.15, -0.1) is 5.10 Å². The molecule has 1 aromatic heterocycles. The maximum Gasteiger partial charge on any atom is 0.182 e. The van der Waals surface area contributed by atoms with Crippen LogP contribution in [0.1, 0.15) is 6.92 Å². The number of allylic oxidation sites excluding steroid dienone is 5. The highest BCUT2D eigenvalue weighted by Crippen LogP contribution is 2.45. The molecule has 0 atom stereocenters. The molecular weight excluding hydrogens is 655 g/mol. The molecule has 0 radical (unpaired) electrons. The quantitative estimate of drug-likeness (QED) is 0.117. The van der Waals surface area contributed by atoms with Crippen LogP contribution >= 0.6 is 0 Å². The van der Waals surface area contributed by atoms with Gasteiger partial charge in [-0.05, 0) is 90.8 Å². The summed E-state index contributed by atoms with van der Waals surface area (Å²) in [6.07, 6.45) is 7.73. The average molecular weight is 692 g/mol. The summed E-state index contributed by atoms with van der Waals surface area (Å²) >= 11 is 0. The predicted octanol–water partition coefficient (Wildman–Crippen LogP) is 13.7. The zero-order valence-electron chi connectivity index (χ0n) is 30.0. The molecule has 256 valence electrons. The van der Waals surface area contributed by atoms with Crippen molar-refractivity contribution in [1.29, 1.82) is 0 Å². The topological polar surface area (TPSA) is 30.7 Å². The predicted molar refractivity (Wildman–Crippen MR) is 229 cm³/mol. The molecule has 54 heavy (non-hydrogen) atoms. The van der Waals surface area contributed by atoms with Crippen molar-refractivity contribution in [2.45, 2.75) is 6.92 Å². The summed E-state index contributed by atoms with van der Waals surface area (Å²) in [6, 6.07) is 60.8. The number of nitrogens with zero attached hydrogens (tertiary/aromatic N) is 3. The minimum Gasteiger partial charge on any atom is -0.213 e. The number of benzene rings is 8. The lowest BCUT2D eigenvalue weighted by Gasteiger charge is -2.19. The van der Waals surface area contributed by atoms with E-state index in [1.54, 1.807) is 6.08 Å². The van der Waals surface area contributed by atoms with Crippen LogP contribution in [0.4, 0.5) is 0 Å². The largest absolute Gasteiger partial charge is 0.213 e. The molecule has 0 fully saturated rings. The van der Waals surface area contributed by atoms with Crippen LogP contribution in [-0.2, 0) is 0 Å². The van der Waals surface area contributed by atoms with Gasteiger partial charge in [-0.2, -0.15) is 0 Å². The van der Waals surface area contributed by atoms with Gasteiger partial charge in [-0.3, -0.25) is 0 Å². The normalized spacial score (nSPS) is 11.9. The second kappa shape index (κ2) is 14.1. The molecule has 3 heteroatoms. The van der Waals surface area contributed by atoms with Gasteiger partial charge >= 0.3 is 0 Å². The second-order valence-electron chi connectivity index (χ2n) is 13.4. The number of aromatic nitrogens is 3. The lowest BCUT2D eigenvalue weighted by Crippen LogP contribution is -2.00. The highest BCUT2D eigenvalue weighted by Gasteiger charge is 2.19. The number of rotatable bonds is 8. The number of hydrogen-bond acceptors (Lipinski definition) is 2. The first kappa shape index (κ1) is 32.8. The molecule has 0 aliphatic rings. The lowest BCUT2D eigenvalue weighted by atomic mass is 9.84. The summed E-state index contributed by atoms with van der Waals surface area (Å²) < 4.78 is 1.92. The Morgan fingerprint density at radius 3 is 1.78 bits per heavy atom. The first-order valence-electron chi connectivity index (χ1n) is 18.3. The highest BCUT2D eigenvalue weighted by atomic mass is 15.4. The Morgan fingerprint density at radius 2 is 1.07 bits per heavy atom. The Hall–Kier alpha value is -7.10. The lowest BCUT2D eigenvalue weighted by molar-refractivity contribution is 0.918.